The molecule has 1 aliphatic rings. The fourth-order valence-electron chi connectivity index (χ4n) is 3.71. The summed E-state index contributed by atoms with van der Waals surface area (Å²) in [7, 11) is 0. The summed E-state index contributed by atoms with van der Waals surface area (Å²) in [5, 5.41) is 12.6. The van der Waals surface area contributed by atoms with Crippen molar-refractivity contribution in [1.29, 1.82) is 0 Å². The molecule has 4 rings (SSSR count). The van der Waals surface area contributed by atoms with Crippen LogP contribution in [0, 0.1) is 0 Å². The molecule has 3 aromatic rings. The van der Waals surface area contributed by atoms with Crippen molar-refractivity contribution in [3.63, 3.8) is 0 Å². The third kappa shape index (κ3) is 6.17. The molecular weight excluding hydrogens is 464 g/mol. The fourth-order valence-corrected chi connectivity index (χ4v) is 3.71. The first-order chi connectivity index (χ1) is 17.3. The highest BCUT2D eigenvalue weighted by Gasteiger charge is 2.20. The molecule has 0 atom stereocenters. The van der Waals surface area contributed by atoms with Gasteiger partial charge in [0, 0.05) is 50.0 Å². The third-order valence-electron chi connectivity index (χ3n) is 5.54. The molecule has 1 saturated heterocycles. The first-order valence-corrected chi connectivity index (χ1v) is 11.6. The summed E-state index contributed by atoms with van der Waals surface area (Å²) in [5.41, 5.74) is 1.93. The molecule has 36 heavy (non-hydrogen) atoms. The molecule has 3 amide bonds. The average molecular weight is 493 g/mol. The van der Waals surface area contributed by atoms with Crippen molar-refractivity contribution in [3.05, 3.63) is 60.0 Å². The lowest BCUT2D eigenvalue weighted by atomic mass is 10.2. The van der Waals surface area contributed by atoms with Crippen LogP contribution in [0.3, 0.4) is 0 Å². The number of carbonyl (C=O) groups excluding carboxylic acids is 3. The van der Waals surface area contributed by atoms with Crippen molar-refractivity contribution < 1.29 is 23.5 Å². The monoisotopic (exact) mass is 492 g/mol. The molecule has 11 nitrogen and oxygen atoms in total. The summed E-state index contributed by atoms with van der Waals surface area (Å²) in [6.45, 7) is 8.27. The van der Waals surface area contributed by atoms with Crippen molar-refractivity contribution in [2.75, 3.05) is 41.7 Å². The molecule has 0 radical (unpaired) electrons. The van der Waals surface area contributed by atoms with Gasteiger partial charge >= 0.3 is 17.8 Å². The van der Waals surface area contributed by atoms with Crippen LogP contribution in [0.4, 0.5) is 17.4 Å². The second kappa shape index (κ2) is 10.9. The van der Waals surface area contributed by atoms with Crippen LogP contribution in [0.1, 0.15) is 41.8 Å². The molecular formula is C25H28N6O5. The molecule has 2 N–H and O–H groups in total. The second-order valence-electron chi connectivity index (χ2n) is 8.55. The minimum atomic E-state index is -0.596. The number of ether oxygens (including phenoxy) is 1. The van der Waals surface area contributed by atoms with Crippen molar-refractivity contribution >= 4 is 35.1 Å². The number of hydrogen-bond acceptors (Lipinski definition) is 8. The van der Waals surface area contributed by atoms with Crippen LogP contribution >= 0.6 is 0 Å². The number of amides is 3. The standard InChI is InChI=1S/C25H28N6O5/c1-16(2)35-21-10-4-18(5-11-21)22(33)27-25-29-28-24(36-25)23(34)26-19-6-8-20(9-7-19)31-14-12-30(13-15-31)17(3)32/h4-11,16H,12-15H2,1-3H3,(H,26,34)(H,27,29,33). The van der Waals surface area contributed by atoms with Crippen LogP contribution in [-0.2, 0) is 4.79 Å². The minimum absolute atomic E-state index is 0.0281. The van der Waals surface area contributed by atoms with Gasteiger partial charge in [0.25, 0.3) is 5.91 Å². The number of carbonyl (C=O) groups is 3. The van der Waals surface area contributed by atoms with Crippen molar-refractivity contribution in [2.24, 2.45) is 0 Å². The van der Waals surface area contributed by atoms with Crippen LogP contribution in [0.15, 0.2) is 52.9 Å². The van der Waals surface area contributed by atoms with Gasteiger partial charge in [0.1, 0.15) is 5.75 Å². The SMILES string of the molecule is CC(=O)N1CCN(c2ccc(NC(=O)c3nnc(NC(=O)c4ccc(OC(C)C)cc4)o3)cc2)CC1. The molecule has 2 heterocycles. The van der Waals surface area contributed by atoms with Gasteiger partial charge in [-0.05, 0) is 62.4 Å². The maximum absolute atomic E-state index is 12.5. The van der Waals surface area contributed by atoms with Gasteiger partial charge in [0.15, 0.2) is 0 Å². The second-order valence-corrected chi connectivity index (χ2v) is 8.55. The summed E-state index contributed by atoms with van der Waals surface area (Å²) in [4.78, 5) is 40.4. The summed E-state index contributed by atoms with van der Waals surface area (Å²) in [6.07, 6.45) is 0.0281. The number of rotatable bonds is 7. The largest absolute Gasteiger partial charge is 0.491 e. The van der Waals surface area contributed by atoms with E-state index in [9.17, 15) is 14.4 Å². The number of hydrogen-bond donors (Lipinski definition) is 2. The Kier molecular flexibility index (Phi) is 7.47. The van der Waals surface area contributed by atoms with E-state index in [0.29, 0.717) is 30.1 Å². The number of piperazine rings is 1. The highest BCUT2D eigenvalue weighted by atomic mass is 16.5. The Bertz CT molecular complexity index is 1210. The van der Waals surface area contributed by atoms with Crippen LogP contribution in [0.2, 0.25) is 0 Å². The van der Waals surface area contributed by atoms with E-state index in [0.717, 1.165) is 18.8 Å². The molecule has 1 aliphatic heterocycles. The number of anilines is 3. The third-order valence-corrected chi connectivity index (χ3v) is 5.54. The lowest BCUT2D eigenvalue weighted by Crippen LogP contribution is -2.48. The lowest BCUT2D eigenvalue weighted by molar-refractivity contribution is -0.129. The first kappa shape index (κ1) is 24.7. The number of aromatic nitrogens is 2. The van der Waals surface area contributed by atoms with Crippen molar-refractivity contribution in [3.8, 4) is 5.75 Å². The van der Waals surface area contributed by atoms with E-state index >= 15 is 0 Å². The first-order valence-electron chi connectivity index (χ1n) is 11.6. The zero-order valence-corrected chi connectivity index (χ0v) is 20.4. The summed E-state index contributed by atoms with van der Waals surface area (Å²) < 4.78 is 10.9. The molecule has 0 spiro atoms. The number of nitrogens with zero attached hydrogens (tertiary/aromatic N) is 4. The normalized spacial score (nSPS) is 13.4. The Labute approximate surface area is 208 Å². The van der Waals surface area contributed by atoms with Gasteiger partial charge in [0.2, 0.25) is 5.91 Å². The Morgan fingerprint density at radius 3 is 2.17 bits per heavy atom. The maximum atomic E-state index is 12.5. The highest BCUT2D eigenvalue weighted by Crippen LogP contribution is 2.20. The van der Waals surface area contributed by atoms with Crippen LogP contribution in [0.5, 0.6) is 5.75 Å². The molecule has 0 aliphatic carbocycles. The Morgan fingerprint density at radius 1 is 0.889 bits per heavy atom. The quantitative estimate of drug-likeness (QED) is 0.515. The van der Waals surface area contributed by atoms with Gasteiger partial charge in [0.05, 0.1) is 6.10 Å². The van der Waals surface area contributed by atoms with Gasteiger partial charge in [-0.25, -0.2) is 0 Å². The molecule has 0 bridgehead atoms. The minimum Gasteiger partial charge on any atom is -0.491 e. The maximum Gasteiger partial charge on any atom is 0.322 e. The Morgan fingerprint density at radius 2 is 1.56 bits per heavy atom. The molecule has 11 heteroatoms. The van der Waals surface area contributed by atoms with Gasteiger partial charge in [-0.15, -0.1) is 5.10 Å². The average Bonchev–Trinajstić information content (AvgIpc) is 3.33. The predicted molar refractivity (Wildman–Crippen MR) is 133 cm³/mol. The molecule has 1 aromatic heterocycles. The van der Waals surface area contributed by atoms with Gasteiger partial charge < -0.3 is 24.3 Å². The van der Waals surface area contributed by atoms with E-state index in [2.05, 4.69) is 25.7 Å². The lowest BCUT2D eigenvalue weighted by Gasteiger charge is -2.35. The van der Waals surface area contributed by atoms with Gasteiger partial charge in [-0.3, -0.25) is 19.7 Å². The Hall–Kier alpha value is -4.41. The fraction of sp³-hybridized carbons (Fsp3) is 0.320. The highest BCUT2D eigenvalue weighted by molar-refractivity contribution is 6.04. The predicted octanol–water partition coefficient (Wildman–Crippen LogP) is 3.03. The zero-order valence-electron chi connectivity index (χ0n) is 20.4. The molecule has 2 aromatic carbocycles. The number of nitrogens with one attached hydrogen (secondary N) is 2. The molecule has 188 valence electrons. The van der Waals surface area contributed by atoms with Crippen LogP contribution in [-0.4, -0.2) is 65.1 Å². The van der Waals surface area contributed by atoms with Crippen LogP contribution < -0.4 is 20.3 Å². The molecule has 0 unspecified atom stereocenters. The van der Waals surface area contributed by atoms with E-state index < -0.39 is 11.8 Å². The van der Waals surface area contributed by atoms with Crippen LogP contribution in [0.25, 0.3) is 0 Å². The summed E-state index contributed by atoms with van der Waals surface area (Å²) in [6, 6.07) is 13.8. The smallest absolute Gasteiger partial charge is 0.322 e. The van der Waals surface area contributed by atoms with E-state index in [1.54, 1.807) is 43.3 Å². The zero-order chi connectivity index (χ0) is 25.7. The van der Waals surface area contributed by atoms with E-state index in [4.69, 9.17) is 9.15 Å². The Balaban J connectivity index is 1.30. The van der Waals surface area contributed by atoms with E-state index in [-0.39, 0.29) is 23.9 Å². The van der Waals surface area contributed by atoms with E-state index in [1.165, 1.54) is 0 Å². The topological polar surface area (TPSA) is 130 Å². The van der Waals surface area contributed by atoms with Gasteiger partial charge in [-0.1, -0.05) is 5.10 Å². The molecule has 1 fully saturated rings. The number of benzene rings is 2. The van der Waals surface area contributed by atoms with Crippen molar-refractivity contribution in [1.82, 2.24) is 15.1 Å². The van der Waals surface area contributed by atoms with E-state index in [1.807, 2.05) is 30.9 Å². The summed E-state index contributed by atoms with van der Waals surface area (Å²) in [5.74, 6) is -0.595. The van der Waals surface area contributed by atoms with Crippen molar-refractivity contribution in [2.45, 2.75) is 26.9 Å². The van der Waals surface area contributed by atoms with Gasteiger partial charge in [-0.2, -0.15) is 0 Å². The summed E-state index contributed by atoms with van der Waals surface area (Å²) >= 11 is 0. The molecule has 0 saturated carbocycles.